The molecule has 0 fully saturated rings. The molecule has 0 aromatic heterocycles. The van der Waals surface area contributed by atoms with Crippen LogP contribution in [-0.4, -0.2) is 9.79 Å². The minimum Gasteiger partial charge on any atom is -0.299 e. The Balaban J connectivity index is 0. The molecule has 0 atom stereocenters. The maximum atomic E-state index is 10.4. The molecule has 0 rings (SSSR count). The molecule has 0 unspecified atom stereocenters. The third-order valence-electron chi connectivity index (χ3n) is 0. The van der Waals surface area contributed by atoms with Crippen molar-refractivity contribution < 1.29 is 18.5 Å². The molecule has 2 N–H and O–H groups in total. The van der Waals surface area contributed by atoms with Gasteiger partial charge in [-0.25, -0.2) is 4.57 Å². The molecule has 0 aliphatic rings. The third-order valence-corrected chi connectivity index (χ3v) is 0. The fraction of sp³-hybridized carbons (Fsp3) is 0. The molecule has 0 heterocycles. The van der Waals surface area contributed by atoms with Gasteiger partial charge in [0, 0.05) is 0 Å². The van der Waals surface area contributed by atoms with E-state index >= 15 is 0 Å². The number of rotatable bonds is 0. The van der Waals surface area contributed by atoms with E-state index in [0.29, 0.717) is 0 Å². The maximum Gasteiger partial charge on any atom is 0.507 e. The molecule has 0 amide bonds. The predicted octanol–water partition coefficient (Wildman–Crippen LogP) is 0.470. The van der Waals surface area contributed by atoms with Crippen molar-refractivity contribution in [3.63, 3.8) is 0 Å². The van der Waals surface area contributed by atoms with Gasteiger partial charge in [0.25, 0.3) is 0 Å². The van der Waals surface area contributed by atoms with E-state index in [1.54, 1.807) is 0 Å². The van der Waals surface area contributed by atoms with Crippen LogP contribution in [0.3, 0.4) is 0 Å². The quantitative estimate of drug-likeness (QED) is 0.476. The topological polar surface area (TPSA) is 57.5 Å². The average molecular weight is 136 g/mol. The van der Waals surface area contributed by atoms with Gasteiger partial charge in [-0.15, -0.1) is 16.6 Å². The second kappa shape index (κ2) is 2.53. The standard InChI is InChI=1S/ClH.FH2O3P/c;1-5(2,3)4/h1H;(H2,2,3,4). The summed E-state index contributed by atoms with van der Waals surface area (Å²) in [7, 11) is -5.14. The Labute approximate surface area is 39.9 Å². The van der Waals surface area contributed by atoms with Crippen molar-refractivity contribution in [2.45, 2.75) is 0 Å². The van der Waals surface area contributed by atoms with Crippen LogP contribution in [0.15, 0.2) is 0 Å². The zero-order valence-corrected chi connectivity index (χ0v) is 4.25. The summed E-state index contributed by atoms with van der Waals surface area (Å²) in [5.74, 6) is 0. The molecule has 0 saturated heterocycles. The SMILES string of the molecule is Cl.O=P(O)(O)F. The smallest absolute Gasteiger partial charge is 0.299 e. The van der Waals surface area contributed by atoms with Crippen molar-refractivity contribution in [1.29, 1.82) is 0 Å². The zero-order valence-electron chi connectivity index (χ0n) is 2.54. The summed E-state index contributed by atoms with van der Waals surface area (Å²) in [6.07, 6.45) is 0. The molecule has 3 nitrogen and oxygen atoms in total. The van der Waals surface area contributed by atoms with Gasteiger partial charge in [-0.3, -0.25) is 9.79 Å². The van der Waals surface area contributed by atoms with Crippen LogP contribution in [0.5, 0.6) is 0 Å². The van der Waals surface area contributed by atoms with Crippen molar-refractivity contribution in [3.8, 4) is 0 Å². The van der Waals surface area contributed by atoms with Gasteiger partial charge < -0.3 is 0 Å². The minimum atomic E-state index is -5.14. The van der Waals surface area contributed by atoms with Gasteiger partial charge in [-0.2, -0.15) is 0 Å². The van der Waals surface area contributed by atoms with E-state index in [2.05, 4.69) is 0 Å². The highest BCUT2D eigenvalue weighted by atomic mass is 35.5. The van der Waals surface area contributed by atoms with Crippen molar-refractivity contribution in [2.24, 2.45) is 0 Å². The van der Waals surface area contributed by atoms with Crippen LogP contribution in [0.2, 0.25) is 0 Å². The Morgan fingerprint density at radius 3 is 1.50 bits per heavy atom. The number of hydrogen-bond donors (Lipinski definition) is 2. The molecule has 0 aromatic rings. The lowest BCUT2D eigenvalue weighted by atomic mass is 15.8. The molecule has 0 spiro atoms. The second-order valence-electron chi connectivity index (χ2n) is 0.473. The van der Waals surface area contributed by atoms with E-state index in [1.807, 2.05) is 0 Å². The van der Waals surface area contributed by atoms with Crippen molar-refractivity contribution in [1.82, 2.24) is 0 Å². The van der Waals surface area contributed by atoms with Crippen molar-refractivity contribution in [3.05, 3.63) is 0 Å². The molecule has 40 valence electrons. The molecular weight excluding hydrogens is 133 g/mol. The van der Waals surface area contributed by atoms with Crippen LogP contribution in [0.25, 0.3) is 0 Å². The molecule has 0 aliphatic carbocycles. The highest BCUT2D eigenvalue weighted by Crippen LogP contribution is 2.34. The van der Waals surface area contributed by atoms with Gasteiger partial charge in [-0.1, -0.05) is 0 Å². The van der Waals surface area contributed by atoms with Gasteiger partial charge >= 0.3 is 7.91 Å². The molecule has 0 bridgehead atoms. The molecule has 0 saturated carbocycles. The summed E-state index contributed by atoms with van der Waals surface area (Å²) in [6.45, 7) is 0. The number of halogens is 2. The summed E-state index contributed by atoms with van der Waals surface area (Å²) < 4.78 is 19.0. The Hall–Kier alpha value is 0.370. The maximum absolute atomic E-state index is 10.4. The van der Waals surface area contributed by atoms with Crippen LogP contribution >= 0.6 is 20.3 Å². The summed E-state index contributed by atoms with van der Waals surface area (Å²) in [4.78, 5) is 13.9. The summed E-state index contributed by atoms with van der Waals surface area (Å²) in [6, 6.07) is 0. The van der Waals surface area contributed by atoms with Crippen molar-refractivity contribution >= 4 is 20.3 Å². The fourth-order valence-electron chi connectivity index (χ4n) is 0. The summed E-state index contributed by atoms with van der Waals surface area (Å²) >= 11 is 0. The largest absolute Gasteiger partial charge is 0.507 e. The first-order valence-electron chi connectivity index (χ1n) is 0.752. The third kappa shape index (κ3) is 363. The van der Waals surface area contributed by atoms with Gasteiger partial charge in [0.15, 0.2) is 0 Å². The molecule has 0 aromatic carbocycles. The minimum absolute atomic E-state index is 0. The Bertz CT molecular complexity index is 56.9. The van der Waals surface area contributed by atoms with E-state index in [4.69, 9.17) is 14.4 Å². The fourth-order valence-corrected chi connectivity index (χ4v) is 0. The summed E-state index contributed by atoms with van der Waals surface area (Å²) in [5.41, 5.74) is 0. The highest BCUT2D eigenvalue weighted by Gasteiger charge is 2.04. The lowest BCUT2D eigenvalue weighted by Crippen LogP contribution is -1.56. The molecule has 0 radical (unpaired) electrons. The van der Waals surface area contributed by atoms with E-state index in [-0.39, 0.29) is 12.4 Å². The Morgan fingerprint density at radius 1 is 1.50 bits per heavy atom. The van der Waals surface area contributed by atoms with Gasteiger partial charge in [-0.05, 0) is 0 Å². The van der Waals surface area contributed by atoms with E-state index in [9.17, 15) is 4.20 Å². The highest BCUT2D eigenvalue weighted by molar-refractivity contribution is 7.45. The normalized spacial score (nSPS) is 9.83. The van der Waals surface area contributed by atoms with E-state index in [1.165, 1.54) is 0 Å². The lowest BCUT2D eigenvalue weighted by molar-refractivity contribution is 0.322. The molecule has 0 aliphatic heterocycles. The van der Waals surface area contributed by atoms with Gasteiger partial charge in [0.1, 0.15) is 0 Å². The Kier molecular flexibility index (Phi) is 4.05. The first kappa shape index (κ1) is 9.62. The van der Waals surface area contributed by atoms with Crippen LogP contribution < -0.4 is 0 Å². The second-order valence-corrected chi connectivity index (χ2v) is 1.42. The molecular formula is H3ClFO3P. The van der Waals surface area contributed by atoms with Crippen LogP contribution in [-0.2, 0) is 4.57 Å². The predicted molar refractivity (Wildman–Crippen MR) is 20.4 cm³/mol. The van der Waals surface area contributed by atoms with E-state index in [0.717, 1.165) is 0 Å². The van der Waals surface area contributed by atoms with Crippen LogP contribution in [0.1, 0.15) is 0 Å². The first-order chi connectivity index (χ1) is 2.00. The number of hydrogen-bond acceptors (Lipinski definition) is 1. The molecule has 6 heteroatoms. The van der Waals surface area contributed by atoms with Crippen LogP contribution in [0, 0.1) is 0 Å². The Morgan fingerprint density at radius 2 is 1.50 bits per heavy atom. The monoisotopic (exact) mass is 136 g/mol. The van der Waals surface area contributed by atoms with Gasteiger partial charge in [0.2, 0.25) is 0 Å². The van der Waals surface area contributed by atoms with E-state index < -0.39 is 7.91 Å². The average Bonchev–Trinajstić information content (AvgIpc) is 0.722. The van der Waals surface area contributed by atoms with Crippen molar-refractivity contribution in [2.75, 3.05) is 0 Å². The molecule has 6 heavy (non-hydrogen) atoms. The first-order valence-corrected chi connectivity index (χ1v) is 2.25. The van der Waals surface area contributed by atoms with Crippen LogP contribution in [0.4, 0.5) is 4.20 Å². The zero-order chi connectivity index (χ0) is 4.50. The van der Waals surface area contributed by atoms with Gasteiger partial charge in [0.05, 0.1) is 0 Å². The summed E-state index contributed by atoms with van der Waals surface area (Å²) in [5, 5.41) is 0. The lowest BCUT2D eigenvalue weighted by Gasteiger charge is -1.77.